The average Bonchev–Trinajstić information content (AvgIpc) is 3.31. The summed E-state index contributed by atoms with van der Waals surface area (Å²) in [7, 11) is 3.15. The number of hydrogen-bond acceptors (Lipinski definition) is 6. The maximum Gasteiger partial charge on any atom is 0.407 e. The molecule has 0 spiro atoms. The highest BCUT2D eigenvalue weighted by atomic mass is 16.5. The molecular formula is C33H33NO7. The fourth-order valence-corrected chi connectivity index (χ4v) is 5.61. The van der Waals surface area contributed by atoms with Crippen molar-refractivity contribution in [1.82, 2.24) is 5.32 Å². The number of amides is 1. The minimum absolute atomic E-state index is 0.0656. The minimum atomic E-state index is -1.05. The van der Waals surface area contributed by atoms with Crippen LogP contribution < -0.4 is 14.8 Å². The largest absolute Gasteiger partial charge is 0.497 e. The zero-order chi connectivity index (χ0) is 29.0. The number of aliphatic carboxylic acids is 1. The van der Waals surface area contributed by atoms with E-state index in [0.29, 0.717) is 23.7 Å². The molecule has 2 N–H and O–H groups in total. The second-order valence-corrected chi connectivity index (χ2v) is 10.3. The molecule has 0 radical (unpaired) electrons. The standard InChI is InChI=1S/C33H33NO7/c1-33(16-14-21(15-17-33)40-20-30(35)36)31(27-13-12-22(38-2)18-29(27)39-3)34-32(37)41-19-28-25-10-6-4-8-23(25)24-9-5-7-11-26(24)28/h4-16,18,28,31H,17,19-20H2,1-3H3,(H,34,37)(H,35,36). The topological polar surface area (TPSA) is 103 Å². The molecule has 0 aromatic heterocycles. The number of methoxy groups -OCH3 is 2. The van der Waals surface area contributed by atoms with Crippen LogP contribution >= 0.6 is 0 Å². The van der Waals surface area contributed by atoms with Gasteiger partial charge in [-0.1, -0.05) is 61.5 Å². The Hall–Kier alpha value is -4.72. The molecule has 0 aliphatic heterocycles. The Labute approximate surface area is 239 Å². The second-order valence-electron chi connectivity index (χ2n) is 10.3. The third-order valence-electron chi connectivity index (χ3n) is 7.75. The number of fused-ring (bicyclic) bond motifs is 3. The van der Waals surface area contributed by atoms with E-state index in [2.05, 4.69) is 29.6 Å². The van der Waals surface area contributed by atoms with Gasteiger partial charge in [0.05, 0.1) is 20.3 Å². The summed E-state index contributed by atoms with van der Waals surface area (Å²) in [5.74, 6) is 0.528. The zero-order valence-electron chi connectivity index (χ0n) is 23.3. The molecule has 2 aliphatic carbocycles. The Balaban J connectivity index is 1.38. The van der Waals surface area contributed by atoms with Gasteiger partial charge in [0.15, 0.2) is 6.61 Å². The SMILES string of the molecule is COc1ccc(C(NC(=O)OCC2c3ccccc3-c3ccccc32)C2(C)C=CC(OCC(=O)O)=CC2)c(OC)c1. The molecular weight excluding hydrogens is 522 g/mol. The van der Waals surface area contributed by atoms with Crippen LogP contribution in [0, 0.1) is 5.41 Å². The summed E-state index contributed by atoms with van der Waals surface area (Å²) in [5.41, 5.74) is 4.73. The van der Waals surface area contributed by atoms with E-state index in [1.54, 1.807) is 26.4 Å². The average molecular weight is 556 g/mol. The fraction of sp³-hybridized carbons (Fsp3) is 0.273. The molecule has 2 aliphatic rings. The van der Waals surface area contributed by atoms with Gasteiger partial charge in [0, 0.05) is 23.0 Å². The van der Waals surface area contributed by atoms with E-state index in [-0.39, 0.29) is 12.5 Å². The van der Waals surface area contributed by atoms with Crippen molar-refractivity contribution in [3.63, 3.8) is 0 Å². The molecule has 0 bridgehead atoms. The Kier molecular flexibility index (Phi) is 8.01. The highest BCUT2D eigenvalue weighted by Crippen LogP contribution is 2.46. The number of hydrogen-bond donors (Lipinski definition) is 2. The molecule has 212 valence electrons. The summed E-state index contributed by atoms with van der Waals surface area (Å²) in [5, 5.41) is 12.1. The molecule has 0 heterocycles. The number of alkyl carbamates (subject to hydrolysis) is 1. The number of carbonyl (C=O) groups is 2. The first-order valence-corrected chi connectivity index (χ1v) is 13.4. The van der Waals surface area contributed by atoms with Gasteiger partial charge in [-0.2, -0.15) is 0 Å². The number of ether oxygens (including phenoxy) is 4. The van der Waals surface area contributed by atoms with Gasteiger partial charge in [-0.15, -0.1) is 0 Å². The van der Waals surface area contributed by atoms with Gasteiger partial charge >= 0.3 is 12.1 Å². The molecule has 8 heteroatoms. The lowest BCUT2D eigenvalue weighted by atomic mass is 9.73. The maximum absolute atomic E-state index is 13.4. The van der Waals surface area contributed by atoms with Gasteiger partial charge in [0.1, 0.15) is 23.9 Å². The van der Waals surface area contributed by atoms with Gasteiger partial charge in [-0.05, 0) is 53.0 Å². The lowest BCUT2D eigenvalue weighted by molar-refractivity contribution is -0.140. The van der Waals surface area contributed by atoms with Gasteiger partial charge in [-0.25, -0.2) is 9.59 Å². The quantitative estimate of drug-likeness (QED) is 0.305. The predicted octanol–water partition coefficient (Wildman–Crippen LogP) is 6.23. The fourth-order valence-electron chi connectivity index (χ4n) is 5.61. The summed E-state index contributed by atoms with van der Waals surface area (Å²) < 4.78 is 22.3. The predicted molar refractivity (Wildman–Crippen MR) is 154 cm³/mol. The zero-order valence-corrected chi connectivity index (χ0v) is 23.3. The van der Waals surface area contributed by atoms with Crippen LogP contribution in [0.5, 0.6) is 11.5 Å². The normalized spacial score (nSPS) is 18.0. The number of nitrogens with one attached hydrogen (secondary N) is 1. The Morgan fingerprint density at radius 2 is 1.68 bits per heavy atom. The molecule has 2 unspecified atom stereocenters. The molecule has 5 rings (SSSR count). The Bertz CT molecular complexity index is 1470. The highest BCUT2D eigenvalue weighted by Gasteiger charge is 2.38. The summed E-state index contributed by atoms with van der Waals surface area (Å²) in [6, 6.07) is 21.3. The maximum atomic E-state index is 13.4. The smallest absolute Gasteiger partial charge is 0.407 e. The summed E-state index contributed by atoms with van der Waals surface area (Å²) in [6.07, 6.45) is 5.39. The summed E-state index contributed by atoms with van der Waals surface area (Å²) in [4.78, 5) is 24.4. The monoisotopic (exact) mass is 555 g/mol. The lowest BCUT2D eigenvalue weighted by Crippen LogP contribution is -2.40. The second kappa shape index (κ2) is 11.8. The van der Waals surface area contributed by atoms with Crippen LogP contribution in [0.15, 0.2) is 90.7 Å². The van der Waals surface area contributed by atoms with Gasteiger partial charge in [0.2, 0.25) is 0 Å². The number of carbonyl (C=O) groups excluding carboxylic acids is 1. The first-order valence-electron chi connectivity index (χ1n) is 13.4. The molecule has 8 nitrogen and oxygen atoms in total. The molecule has 2 atom stereocenters. The lowest BCUT2D eigenvalue weighted by Gasteiger charge is -2.37. The van der Waals surface area contributed by atoms with E-state index in [1.807, 2.05) is 55.5 Å². The van der Waals surface area contributed by atoms with Crippen molar-refractivity contribution in [2.24, 2.45) is 5.41 Å². The van der Waals surface area contributed by atoms with E-state index in [4.69, 9.17) is 24.1 Å². The molecule has 0 fully saturated rings. The summed E-state index contributed by atoms with van der Waals surface area (Å²) in [6.45, 7) is 1.76. The number of rotatable bonds is 10. The van der Waals surface area contributed by atoms with Crippen LogP contribution in [0.2, 0.25) is 0 Å². The third-order valence-corrected chi connectivity index (χ3v) is 7.75. The van der Waals surface area contributed by atoms with Gasteiger partial charge in [-0.3, -0.25) is 0 Å². The Morgan fingerprint density at radius 3 is 2.27 bits per heavy atom. The molecule has 0 saturated carbocycles. The van der Waals surface area contributed by atoms with Crippen LogP contribution in [0.3, 0.4) is 0 Å². The van der Waals surface area contributed by atoms with E-state index in [1.165, 1.54) is 0 Å². The van der Waals surface area contributed by atoms with Gasteiger partial charge in [0.25, 0.3) is 0 Å². The first kappa shape index (κ1) is 27.8. The van der Waals surface area contributed by atoms with Crippen molar-refractivity contribution in [2.75, 3.05) is 27.4 Å². The first-order chi connectivity index (χ1) is 19.8. The molecule has 1 amide bonds. The molecule has 3 aromatic carbocycles. The van der Waals surface area contributed by atoms with E-state index in [9.17, 15) is 9.59 Å². The van der Waals surface area contributed by atoms with Crippen molar-refractivity contribution < 1.29 is 33.6 Å². The number of benzene rings is 3. The minimum Gasteiger partial charge on any atom is -0.497 e. The number of carboxylic acid groups (broad SMARTS) is 1. The number of allylic oxidation sites excluding steroid dienone is 2. The van der Waals surface area contributed by atoms with Crippen molar-refractivity contribution in [3.05, 3.63) is 107 Å². The van der Waals surface area contributed by atoms with Crippen LogP contribution in [0.1, 0.15) is 42.0 Å². The third kappa shape index (κ3) is 5.77. The van der Waals surface area contributed by atoms with E-state index >= 15 is 0 Å². The van der Waals surface area contributed by atoms with Crippen molar-refractivity contribution in [1.29, 1.82) is 0 Å². The van der Waals surface area contributed by atoms with Gasteiger partial charge < -0.3 is 29.4 Å². The number of carboxylic acids is 1. The molecule has 3 aromatic rings. The van der Waals surface area contributed by atoms with E-state index < -0.39 is 30.1 Å². The van der Waals surface area contributed by atoms with Crippen LogP contribution in [0.25, 0.3) is 11.1 Å². The molecule has 41 heavy (non-hydrogen) atoms. The summed E-state index contributed by atoms with van der Waals surface area (Å²) >= 11 is 0. The van der Waals surface area contributed by atoms with E-state index in [0.717, 1.165) is 27.8 Å². The van der Waals surface area contributed by atoms with Crippen molar-refractivity contribution in [2.45, 2.75) is 25.3 Å². The van der Waals surface area contributed by atoms with Crippen molar-refractivity contribution >= 4 is 12.1 Å². The molecule has 0 saturated heterocycles. The Morgan fingerprint density at radius 1 is 1.00 bits per heavy atom. The van der Waals surface area contributed by atoms with Crippen LogP contribution in [-0.4, -0.2) is 44.6 Å². The van der Waals surface area contributed by atoms with Crippen LogP contribution in [-0.2, 0) is 14.3 Å². The van der Waals surface area contributed by atoms with Crippen molar-refractivity contribution in [3.8, 4) is 22.6 Å². The van der Waals surface area contributed by atoms with Crippen LogP contribution in [0.4, 0.5) is 4.79 Å². The highest BCUT2D eigenvalue weighted by molar-refractivity contribution is 5.79.